The predicted molar refractivity (Wildman–Crippen MR) is 146 cm³/mol. The average molecular weight is 512 g/mol. The molecule has 0 radical (unpaired) electrons. The molecule has 1 aliphatic carbocycles. The third-order valence-electron chi connectivity index (χ3n) is 6.92. The lowest BCUT2D eigenvalue weighted by Crippen LogP contribution is -2.39. The van der Waals surface area contributed by atoms with Crippen LogP contribution in [0.15, 0.2) is 95.7 Å². The second-order valence-corrected chi connectivity index (χ2v) is 9.64. The van der Waals surface area contributed by atoms with Crippen molar-refractivity contribution in [2.24, 2.45) is 0 Å². The fraction of sp³-hybridized carbons (Fsp3) is 0.226. The minimum absolute atomic E-state index is 0.0961. The normalized spacial score (nSPS) is 14.8. The Morgan fingerprint density at radius 3 is 2.55 bits per heavy atom. The van der Waals surface area contributed by atoms with E-state index in [-0.39, 0.29) is 17.8 Å². The number of carbonyl (C=O) groups excluding carboxylic acids is 1. The molecule has 0 unspecified atom stereocenters. The van der Waals surface area contributed by atoms with Crippen molar-refractivity contribution in [2.75, 3.05) is 7.11 Å². The summed E-state index contributed by atoms with van der Waals surface area (Å²) in [5.41, 5.74) is 5.61. The number of benzene rings is 3. The smallest absolute Gasteiger partial charge is 0.247 e. The zero-order chi connectivity index (χ0) is 26.8. The molecular formula is C31H30FN3O3. The second kappa shape index (κ2) is 10.5. The molecule has 1 N–H and O–H groups in total. The van der Waals surface area contributed by atoms with Gasteiger partial charge in [0.2, 0.25) is 5.91 Å². The molecule has 0 bridgehead atoms. The number of amides is 1. The lowest BCUT2D eigenvalue weighted by molar-refractivity contribution is -0.118. The van der Waals surface area contributed by atoms with Crippen LogP contribution in [0.4, 0.5) is 4.39 Å². The first-order chi connectivity index (χ1) is 18.3. The van der Waals surface area contributed by atoms with Crippen LogP contribution in [0, 0.1) is 5.82 Å². The molecular weight excluding hydrogens is 481 g/mol. The molecule has 0 fully saturated rings. The van der Waals surface area contributed by atoms with E-state index >= 15 is 0 Å². The molecule has 5 rings (SSSR count). The monoisotopic (exact) mass is 511 g/mol. The van der Waals surface area contributed by atoms with Gasteiger partial charge in [-0.15, -0.1) is 0 Å². The highest BCUT2D eigenvalue weighted by atomic mass is 19.1. The van der Waals surface area contributed by atoms with Crippen LogP contribution in [-0.2, 0) is 4.79 Å². The first kappa shape index (κ1) is 25.3. The van der Waals surface area contributed by atoms with E-state index in [1.807, 2.05) is 69.3 Å². The van der Waals surface area contributed by atoms with E-state index in [9.17, 15) is 9.18 Å². The van der Waals surface area contributed by atoms with E-state index in [2.05, 4.69) is 10.4 Å². The number of methoxy groups -OCH3 is 1. The number of nitrogens with zero attached hydrogens (tertiary/aromatic N) is 2. The number of nitrogens with one attached hydrogen (secondary N) is 1. The largest absolute Gasteiger partial charge is 0.497 e. The molecule has 3 aromatic carbocycles. The van der Waals surface area contributed by atoms with Crippen LogP contribution >= 0.6 is 0 Å². The molecule has 0 saturated carbocycles. The Balaban J connectivity index is 1.42. The SMILES string of the molecule is COc1cccc([C@@H](Oc2ccc3c(cnn3-c3ccc(F)cc3)c2)[C@H](C)NC(=O)C2=CC(C)=C(C)C2)c1. The molecule has 0 saturated heterocycles. The van der Waals surface area contributed by atoms with E-state index in [1.54, 1.807) is 30.1 Å². The number of hydrogen-bond donors (Lipinski definition) is 1. The maximum absolute atomic E-state index is 13.4. The molecule has 38 heavy (non-hydrogen) atoms. The Morgan fingerprint density at radius 2 is 1.84 bits per heavy atom. The summed E-state index contributed by atoms with van der Waals surface area (Å²) in [5.74, 6) is 0.954. The summed E-state index contributed by atoms with van der Waals surface area (Å²) < 4.78 is 27.1. The lowest BCUT2D eigenvalue weighted by Gasteiger charge is -2.27. The molecule has 0 aliphatic heterocycles. The van der Waals surface area contributed by atoms with Gasteiger partial charge in [0.25, 0.3) is 0 Å². The van der Waals surface area contributed by atoms with Crippen molar-refractivity contribution >= 4 is 16.8 Å². The number of ether oxygens (including phenoxy) is 2. The summed E-state index contributed by atoms with van der Waals surface area (Å²) in [6.07, 6.45) is 3.88. The number of hydrogen-bond acceptors (Lipinski definition) is 4. The van der Waals surface area contributed by atoms with Gasteiger partial charge in [-0.05, 0) is 87.4 Å². The van der Waals surface area contributed by atoms with Gasteiger partial charge in [-0.3, -0.25) is 4.79 Å². The topological polar surface area (TPSA) is 65.4 Å². The first-order valence-corrected chi connectivity index (χ1v) is 12.5. The Labute approximate surface area is 221 Å². The van der Waals surface area contributed by atoms with Crippen molar-refractivity contribution in [1.29, 1.82) is 0 Å². The summed E-state index contributed by atoms with van der Waals surface area (Å²) >= 11 is 0. The quantitative estimate of drug-likeness (QED) is 0.295. The number of aromatic nitrogens is 2. The van der Waals surface area contributed by atoms with Crippen LogP contribution in [0.3, 0.4) is 0 Å². The fourth-order valence-corrected chi connectivity index (χ4v) is 4.68. The Morgan fingerprint density at radius 1 is 1.05 bits per heavy atom. The minimum atomic E-state index is -0.476. The van der Waals surface area contributed by atoms with Crippen molar-refractivity contribution in [1.82, 2.24) is 15.1 Å². The van der Waals surface area contributed by atoms with Gasteiger partial charge in [0, 0.05) is 11.0 Å². The number of halogens is 1. The van der Waals surface area contributed by atoms with Crippen LogP contribution in [0.1, 0.15) is 38.9 Å². The van der Waals surface area contributed by atoms with Crippen molar-refractivity contribution < 1.29 is 18.7 Å². The number of allylic oxidation sites excluding steroid dienone is 3. The zero-order valence-electron chi connectivity index (χ0n) is 21.9. The van der Waals surface area contributed by atoms with Crippen LogP contribution in [0.5, 0.6) is 11.5 Å². The molecule has 1 aromatic heterocycles. The van der Waals surface area contributed by atoms with Crippen LogP contribution in [0.25, 0.3) is 16.6 Å². The molecule has 6 nitrogen and oxygen atoms in total. The maximum Gasteiger partial charge on any atom is 0.247 e. The molecule has 7 heteroatoms. The van der Waals surface area contributed by atoms with Gasteiger partial charge in [0.05, 0.1) is 30.6 Å². The van der Waals surface area contributed by atoms with Gasteiger partial charge in [0.15, 0.2) is 0 Å². The molecule has 1 aliphatic rings. The highest BCUT2D eigenvalue weighted by molar-refractivity contribution is 5.95. The van der Waals surface area contributed by atoms with Gasteiger partial charge in [-0.2, -0.15) is 5.10 Å². The van der Waals surface area contributed by atoms with Gasteiger partial charge >= 0.3 is 0 Å². The minimum Gasteiger partial charge on any atom is -0.497 e. The molecule has 2 atom stereocenters. The average Bonchev–Trinajstić information content (AvgIpc) is 3.50. The predicted octanol–water partition coefficient (Wildman–Crippen LogP) is 6.46. The second-order valence-electron chi connectivity index (χ2n) is 9.64. The Bertz CT molecular complexity index is 1550. The standard InChI is InChI=1S/C31H30FN3O3/c1-19-14-23(15-20(19)2)31(36)34-21(3)30(22-6-5-7-27(16-22)37-4)38-28-12-13-29-24(17-28)18-33-35(29)26-10-8-25(32)9-11-26/h5-14,16-18,21,30H,15H2,1-4H3,(H,34,36)/t21-,30-/m0/s1. The summed E-state index contributed by atoms with van der Waals surface area (Å²) in [5, 5.41) is 8.50. The molecule has 194 valence electrons. The van der Waals surface area contributed by atoms with Crippen molar-refractivity contribution in [3.05, 3.63) is 107 Å². The van der Waals surface area contributed by atoms with Crippen LogP contribution in [-0.4, -0.2) is 28.8 Å². The molecule has 1 heterocycles. The van der Waals surface area contributed by atoms with Gasteiger partial charge in [-0.25, -0.2) is 9.07 Å². The zero-order valence-corrected chi connectivity index (χ0v) is 21.9. The van der Waals surface area contributed by atoms with Crippen molar-refractivity contribution in [3.63, 3.8) is 0 Å². The Kier molecular flexibility index (Phi) is 7.01. The Hall–Kier alpha value is -4.39. The lowest BCUT2D eigenvalue weighted by atomic mass is 10.0. The third kappa shape index (κ3) is 5.18. The highest BCUT2D eigenvalue weighted by Gasteiger charge is 2.26. The summed E-state index contributed by atoms with van der Waals surface area (Å²) in [6.45, 7) is 6.01. The summed E-state index contributed by atoms with van der Waals surface area (Å²) in [7, 11) is 1.62. The number of fused-ring (bicyclic) bond motifs is 1. The van der Waals surface area contributed by atoms with E-state index in [0.717, 1.165) is 33.3 Å². The number of rotatable bonds is 8. The summed E-state index contributed by atoms with van der Waals surface area (Å²) in [6, 6.07) is 19.2. The van der Waals surface area contributed by atoms with Gasteiger partial charge in [0.1, 0.15) is 23.4 Å². The van der Waals surface area contributed by atoms with Gasteiger partial charge in [-0.1, -0.05) is 29.4 Å². The van der Waals surface area contributed by atoms with Crippen LogP contribution < -0.4 is 14.8 Å². The van der Waals surface area contributed by atoms with E-state index in [0.29, 0.717) is 17.9 Å². The molecule has 1 amide bonds. The highest BCUT2D eigenvalue weighted by Crippen LogP contribution is 2.31. The molecule has 4 aromatic rings. The van der Waals surface area contributed by atoms with E-state index < -0.39 is 6.10 Å². The molecule has 0 spiro atoms. The van der Waals surface area contributed by atoms with E-state index in [1.165, 1.54) is 17.7 Å². The van der Waals surface area contributed by atoms with Crippen molar-refractivity contribution in [2.45, 2.75) is 39.3 Å². The van der Waals surface area contributed by atoms with Crippen molar-refractivity contribution in [3.8, 4) is 17.2 Å². The fourth-order valence-electron chi connectivity index (χ4n) is 4.68. The maximum atomic E-state index is 13.4. The number of carbonyl (C=O) groups is 1. The van der Waals surface area contributed by atoms with Gasteiger partial charge < -0.3 is 14.8 Å². The first-order valence-electron chi connectivity index (χ1n) is 12.5. The summed E-state index contributed by atoms with van der Waals surface area (Å²) in [4.78, 5) is 13.1. The van der Waals surface area contributed by atoms with E-state index in [4.69, 9.17) is 9.47 Å². The van der Waals surface area contributed by atoms with Crippen LogP contribution in [0.2, 0.25) is 0 Å². The third-order valence-corrected chi connectivity index (χ3v) is 6.92.